The molecule has 7 heteroatoms. The van der Waals surface area contributed by atoms with Crippen LogP contribution in [0.5, 0.6) is 11.5 Å². The summed E-state index contributed by atoms with van der Waals surface area (Å²) in [6.07, 6.45) is 4.64. The number of amides is 1. The molecule has 0 unspecified atom stereocenters. The van der Waals surface area contributed by atoms with Gasteiger partial charge in [0.1, 0.15) is 0 Å². The Kier molecular flexibility index (Phi) is 5.73. The van der Waals surface area contributed by atoms with Crippen LogP contribution in [0.1, 0.15) is 36.0 Å². The van der Waals surface area contributed by atoms with Gasteiger partial charge in [0.15, 0.2) is 18.1 Å². The molecule has 1 aromatic rings. The molecule has 1 aromatic carbocycles. The van der Waals surface area contributed by atoms with Gasteiger partial charge in [0.05, 0.1) is 7.11 Å². The van der Waals surface area contributed by atoms with Gasteiger partial charge in [-0.25, -0.2) is 4.79 Å². The molecule has 0 radical (unpaired) electrons. The second-order valence-corrected chi connectivity index (χ2v) is 7.65. The smallest absolute Gasteiger partial charge is 0.341 e. The Morgan fingerprint density at radius 3 is 2.84 bits per heavy atom. The number of carbonyl (C=O) groups excluding carboxylic acids is 1. The molecule has 1 aliphatic heterocycles. The minimum Gasteiger partial charge on any atom is -0.493 e. The highest BCUT2D eigenvalue weighted by Gasteiger charge is 2.36. The molecule has 1 saturated heterocycles. The average Bonchev–Trinajstić information content (AvgIpc) is 2.65. The van der Waals surface area contributed by atoms with Gasteiger partial charge in [0.25, 0.3) is 5.91 Å². The van der Waals surface area contributed by atoms with Gasteiger partial charge in [-0.15, -0.1) is 0 Å². The molecule has 1 amide bonds. The van der Waals surface area contributed by atoms with E-state index in [1.54, 1.807) is 18.2 Å². The van der Waals surface area contributed by atoms with E-state index in [1.165, 1.54) is 26.4 Å². The molecule has 136 valence electrons. The number of thioether (sulfide) groups is 1. The maximum absolute atomic E-state index is 13.0. The lowest BCUT2D eigenvalue weighted by Crippen LogP contribution is -2.51. The Labute approximate surface area is 151 Å². The summed E-state index contributed by atoms with van der Waals surface area (Å²) in [7, 11) is 1.49. The Morgan fingerprint density at radius 1 is 1.28 bits per heavy atom. The van der Waals surface area contributed by atoms with E-state index in [0.717, 1.165) is 18.7 Å². The van der Waals surface area contributed by atoms with Crippen molar-refractivity contribution in [2.75, 3.05) is 26.0 Å². The maximum atomic E-state index is 13.0. The first-order valence-electron chi connectivity index (χ1n) is 8.55. The van der Waals surface area contributed by atoms with Crippen LogP contribution in [0.4, 0.5) is 0 Å². The number of carboxylic acids is 1. The van der Waals surface area contributed by atoms with Crippen LogP contribution in [0.2, 0.25) is 0 Å². The van der Waals surface area contributed by atoms with Crippen molar-refractivity contribution < 1.29 is 24.2 Å². The highest BCUT2D eigenvalue weighted by Crippen LogP contribution is 2.37. The zero-order valence-electron chi connectivity index (χ0n) is 14.3. The molecule has 0 aromatic heterocycles. The molecule has 1 N–H and O–H groups in total. The lowest BCUT2D eigenvalue weighted by Gasteiger charge is -2.43. The van der Waals surface area contributed by atoms with Crippen LogP contribution in [0.15, 0.2) is 18.2 Å². The molecular formula is C18H23NO5S. The number of hydrogen-bond acceptors (Lipinski definition) is 5. The first-order chi connectivity index (χ1) is 12.1. The van der Waals surface area contributed by atoms with Gasteiger partial charge < -0.3 is 19.5 Å². The molecule has 2 atom stereocenters. The van der Waals surface area contributed by atoms with Gasteiger partial charge in [0.2, 0.25) is 0 Å². The van der Waals surface area contributed by atoms with Crippen LogP contribution in [0, 0.1) is 0 Å². The van der Waals surface area contributed by atoms with Gasteiger partial charge in [-0.3, -0.25) is 4.79 Å². The van der Waals surface area contributed by atoms with E-state index in [1.807, 2.05) is 16.7 Å². The van der Waals surface area contributed by atoms with Crippen molar-refractivity contribution in [2.24, 2.45) is 0 Å². The molecule has 6 nitrogen and oxygen atoms in total. The van der Waals surface area contributed by atoms with Gasteiger partial charge in [0, 0.05) is 29.2 Å². The number of hydrogen-bond donors (Lipinski definition) is 1. The first kappa shape index (κ1) is 17.9. The summed E-state index contributed by atoms with van der Waals surface area (Å²) in [6, 6.07) is 5.25. The van der Waals surface area contributed by atoms with Crippen LogP contribution in [0.25, 0.3) is 0 Å². The second-order valence-electron chi connectivity index (χ2n) is 6.31. The van der Waals surface area contributed by atoms with E-state index in [4.69, 9.17) is 14.6 Å². The highest BCUT2D eigenvalue weighted by molar-refractivity contribution is 8.00. The number of methoxy groups -OCH3 is 1. The zero-order valence-corrected chi connectivity index (χ0v) is 15.1. The molecular weight excluding hydrogens is 342 g/mol. The van der Waals surface area contributed by atoms with Crippen molar-refractivity contribution in [1.29, 1.82) is 0 Å². The lowest BCUT2D eigenvalue weighted by molar-refractivity contribution is -0.139. The quantitative estimate of drug-likeness (QED) is 0.865. The van der Waals surface area contributed by atoms with Gasteiger partial charge in [-0.1, -0.05) is 12.8 Å². The number of ether oxygens (including phenoxy) is 2. The van der Waals surface area contributed by atoms with Gasteiger partial charge >= 0.3 is 5.97 Å². The van der Waals surface area contributed by atoms with Crippen LogP contribution in [0.3, 0.4) is 0 Å². The second kappa shape index (κ2) is 7.99. The highest BCUT2D eigenvalue weighted by atomic mass is 32.2. The van der Waals surface area contributed by atoms with Gasteiger partial charge in [-0.05, 0) is 31.0 Å². The van der Waals surface area contributed by atoms with Crippen LogP contribution in [-0.2, 0) is 4.79 Å². The molecule has 25 heavy (non-hydrogen) atoms. The van der Waals surface area contributed by atoms with Crippen LogP contribution < -0.4 is 9.47 Å². The Hall–Kier alpha value is -1.89. The molecule has 2 fully saturated rings. The zero-order chi connectivity index (χ0) is 17.8. The number of nitrogens with zero attached hydrogens (tertiary/aromatic N) is 1. The van der Waals surface area contributed by atoms with E-state index in [0.29, 0.717) is 22.6 Å². The molecule has 0 bridgehead atoms. The monoisotopic (exact) mass is 365 g/mol. The fourth-order valence-electron chi connectivity index (χ4n) is 3.58. The van der Waals surface area contributed by atoms with E-state index in [2.05, 4.69) is 0 Å². The van der Waals surface area contributed by atoms with Crippen molar-refractivity contribution in [3.63, 3.8) is 0 Å². The number of fused-ring (bicyclic) bond motifs is 1. The minimum atomic E-state index is -1.07. The number of carboxylic acid groups (broad SMARTS) is 1. The summed E-state index contributed by atoms with van der Waals surface area (Å²) in [4.78, 5) is 25.8. The SMILES string of the molecule is COc1ccc(C(=O)N2CCS[C@@H]3CCCC[C@H]32)cc1OCC(=O)O. The number of aliphatic carboxylic acids is 1. The molecule has 1 saturated carbocycles. The lowest BCUT2D eigenvalue weighted by atomic mass is 9.92. The van der Waals surface area contributed by atoms with Crippen molar-refractivity contribution >= 4 is 23.6 Å². The molecule has 3 rings (SSSR count). The summed E-state index contributed by atoms with van der Waals surface area (Å²) in [5.74, 6) is 0.576. The normalized spacial score (nSPS) is 22.8. The van der Waals surface area contributed by atoms with E-state index in [9.17, 15) is 9.59 Å². The maximum Gasteiger partial charge on any atom is 0.341 e. The summed E-state index contributed by atoms with van der Waals surface area (Å²) in [6.45, 7) is 0.279. The molecule has 1 heterocycles. The number of carbonyl (C=O) groups is 2. The van der Waals surface area contributed by atoms with Crippen molar-refractivity contribution in [3.8, 4) is 11.5 Å². The van der Waals surface area contributed by atoms with Crippen LogP contribution in [-0.4, -0.2) is 59.2 Å². The topological polar surface area (TPSA) is 76.1 Å². The fraction of sp³-hybridized carbons (Fsp3) is 0.556. The fourth-order valence-corrected chi connectivity index (χ4v) is 5.02. The number of benzene rings is 1. The average molecular weight is 365 g/mol. The van der Waals surface area contributed by atoms with E-state index in [-0.39, 0.29) is 11.7 Å². The Bertz CT molecular complexity index is 648. The molecule has 1 aliphatic carbocycles. The summed E-state index contributed by atoms with van der Waals surface area (Å²) < 4.78 is 10.5. The Balaban J connectivity index is 1.81. The van der Waals surface area contributed by atoms with E-state index < -0.39 is 12.6 Å². The van der Waals surface area contributed by atoms with E-state index >= 15 is 0 Å². The summed E-state index contributed by atoms with van der Waals surface area (Å²) in [5, 5.41) is 9.34. The Morgan fingerprint density at radius 2 is 2.08 bits per heavy atom. The third-order valence-corrected chi connectivity index (χ3v) is 6.15. The van der Waals surface area contributed by atoms with Crippen molar-refractivity contribution in [2.45, 2.75) is 37.0 Å². The third kappa shape index (κ3) is 4.03. The standard InChI is InChI=1S/C18H23NO5S/c1-23-14-7-6-12(10-15(14)24-11-17(20)21)18(22)19-8-9-25-16-5-3-2-4-13(16)19/h6-7,10,13,16H,2-5,8-9,11H2,1H3,(H,20,21)/t13-,16-/m1/s1. The number of rotatable bonds is 5. The van der Waals surface area contributed by atoms with Crippen LogP contribution >= 0.6 is 11.8 Å². The predicted molar refractivity (Wildman–Crippen MR) is 95.7 cm³/mol. The largest absolute Gasteiger partial charge is 0.493 e. The molecule has 2 aliphatic rings. The summed E-state index contributed by atoms with van der Waals surface area (Å²) >= 11 is 1.98. The minimum absolute atomic E-state index is 0.0139. The van der Waals surface area contributed by atoms with Crippen molar-refractivity contribution in [3.05, 3.63) is 23.8 Å². The summed E-state index contributed by atoms with van der Waals surface area (Å²) in [5.41, 5.74) is 0.511. The molecule has 0 spiro atoms. The van der Waals surface area contributed by atoms with Crippen molar-refractivity contribution in [1.82, 2.24) is 4.90 Å². The third-order valence-electron chi connectivity index (χ3n) is 4.75. The first-order valence-corrected chi connectivity index (χ1v) is 9.60. The predicted octanol–water partition coefficient (Wildman–Crippen LogP) is 2.66. The van der Waals surface area contributed by atoms with Gasteiger partial charge in [-0.2, -0.15) is 11.8 Å².